The summed E-state index contributed by atoms with van der Waals surface area (Å²) >= 11 is 0. The van der Waals surface area contributed by atoms with E-state index in [1.165, 1.54) is 6.07 Å². The lowest BCUT2D eigenvalue weighted by atomic mass is 10.0. The van der Waals surface area contributed by atoms with Crippen molar-refractivity contribution in [2.45, 2.75) is 32.2 Å². The fourth-order valence-electron chi connectivity index (χ4n) is 2.81. The highest BCUT2D eigenvalue weighted by Gasteiger charge is 2.22. The number of hydrogen-bond acceptors (Lipinski definition) is 3. The maximum Gasteiger partial charge on any atom is 0.238 e. The summed E-state index contributed by atoms with van der Waals surface area (Å²) in [5.74, 6) is -2.07. The maximum absolute atomic E-state index is 13.2. The minimum Gasteiger partial charge on any atom is -0.325 e. The minimum atomic E-state index is -0.957. The number of nitrogens with zero attached hydrogens (tertiary/aromatic N) is 1. The Morgan fingerprint density at radius 2 is 2.00 bits per heavy atom. The van der Waals surface area contributed by atoms with Gasteiger partial charge in [-0.2, -0.15) is 0 Å². The fourth-order valence-corrected chi connectivity index (χ4v) is 2.81. The zero-order chi connectivity index (χ0) is 15.9. The lowest BCUT2D eigenvalue weighted by Gasteiger charge is -2.34. The molecule has 0 spiro atoms. The second-order valence-corrected chi connectivity index (χ2v) is 5.63. The predicted octanol–water partition coefficient (Wildman–Crippen LogP) is 2.79. The van der Waals surface area contributed by atoms with Gasteiger partial charge in [-0.3, -0.25) is 9.69 Å². The van der Waals surface area contributed by atoms with E-state index in [4.69, 9.17) is 0 Å². The molecular formula is C16H24ClF2N3O. The predicted molar refractivity (Wildman–Crippen MR) is 90.0 cm³/mol. The zero-order valence-corrected chi connectivity index (χ0v) is 14.1. The summed E-state index contributed by atoms with van der Waals surface area (Å²) in [4.78, 5) is 14.3. The molecule has 0 aromatic heterocycles. The second kappa shape index (κ2) is 9.80. The number of anilines is 1. The van der Waals surface area contributed by atoms with Crippen molar-refractivity contribution in [3.63, 3.8) is 0 Å². The Balaban J connectivity index is 0.00000264. The molecule has 1 aromatic carbocycles. The molecule has 130 valence electrons. The van der Waals surface area contributed by atoms with Crippen LogP contribution >= 0.6 is 12.4 Å². The lowest BCUT2D eigenvalue weighted by molar-refractivity contribution is -0.118. The van der Waals surface area contributed by atoms with Gasteiger partial charge in [0.25, 0.3) is 0 Å². The van der Waals surface area contributed by atoms with E-state index >= 15 is 0 Å². The van der Waals surface area contributed by atoms with Gasteiger partial charge in [-0.15, -0.1) is 12.4 Å². The molecule has 2 rings (SSSR count). The molecule has 1 amide bonds. The number of piperidine rings is 1. The first kappa shape index (κ1) is 19.8. The fraction of sp³-hybridized carbons (Fsp3) is 0.562. The van der Waals surface area contributed by atoms with Gasteiger partial charge in [0, 0.05) is 17.8 Å². The third-order valence-electron chi connectivity index (χ3n) is 3.89. The molecule has 7 heteroatoms. The molecule has 1 aliphatic rings. The zero-order valence-electron chi connectivity index (χ0n) is 13.3. The van der Waals surface area contributed by atoms with Crippen LogP contribution in [-0.2, 0) is 4.79 Å². The van der Waals surface area contributed by atoms with Gasteiger partial charge in [-0.05, 0) is 51.0 Å². The molecule has 23 heavy (non-hydrogen) atoms. The van der Waals surface area contributed by atoms with Gasteiger partial charge >= 0.3 is 0 Å². The molecule has 1 aliphatic heterocycles. The molecule has 0 saturated carbocycles. The molecular weight excluding hydrogens is 324 g/mol. The highest BCUT2D eigenvalue weighted by Crippen LogP contribution is 2.15. The number of halogens is 3. The number of carbonyl (C=O) groups excluding carboxylic acids is 1. The van der Waals surface area contributed by atoms with Gasteiger partial charge in [0.2, 0.25) is 5.91 Å². The Bertz CT molecular complexity index is 510. The molecule has 1 fully saturated rings. The van der Waals surface area contributed by atoms with Crippen LogP contribution < -0.4 is 10.6 Å². The van der Waals surface area contributed by atoms with Gasteiger partial charge in [0.05, 0.1) is 6.54 Å². The maximum atomic E-state index is 13.2. The Kier molecular flexibility index (Phi) is 8.44. The van der Waals surface area contributed by atoms with E-state index in [1.54, 1.807) is 0 Å². The molecule has 1 aromatic rings. The van der Waals surface area contributed by atoms with Crippen LogP contribution in [0.3, 0.4) is 0 Å². The van der Waals surface area contributed by atoms with Crippen LogP contribution in [0.4, 0.5) is 14.5 Å². The molecule has 0 radical (unpaired) electrons. The average molecular weight is 348 g/mol. The van der Waals surface area contributed by atoms with Crippen molar-refractivity contribution in [3.05, 3.63) is 29.8 Å². The standard InChI is InChI=1S/C16H23F2N3O.ClH/c1-2-9-21(13-5-7-19-8-6-13)11-16(22)20-12-3-4-14(17)15(18)10-12;/h3-4,10,13,19H,2,5-9,11H2,1H3,(H,20,22);1H. The van der Waals surface area contributed by atoms with E-state index < -0.39 is 11.6 Å². The van der Waals surface area contributed by atoms with Crippen molar-refractivity contribution in [2.75, 3.05) is 31.5 Å². The first-order valence-electron chi connectivity index (χ1n) is 7.80. The number of carbonyl (C=O) groups is 1. The largest absolute Gasteiger partial charge is 0.325 e. The summed E-state index contributed by atoms with van der Waals surface area (Å²) in [6.45, 7) is 5.15. The van der Waals surface area contributed by atoms with Gasteiger partial charge in [0.1, 0.15) is 0 Å². The van der Waals surface area contributed by atoms with Crippen LogP contribution in [0.15, 0.2) is 18.2 Å². The molecule has 0 aliphatic carbocycles. The molecule has 1 heterocycles. The van der Waals surface area contributed by atoms with Crippen LogP contribution in [0.1, 0.15) is 26.2 Å². The summed E-state index contributed by atoms with van der Waals surface area (Å²) in [5.41, 5.74) is 0.283. The third-order valence-corrected chi connectivity index (χ3v) is 3.89. The van der Waals surface area contributed by atoms with E-state index in [2.05, 4.69) is 22.5 Å². The quantitative estimate of drug-likeness (QED) is 0.831. The minimum absolute atomic E-state index is 0. The number of benzene rings is 1. The lowest BCUT2D eigenvalue weighted by Crippen LogP contribution is -2.46. The first-order chi connectivity index (χ1) is 10.6. The summed E-state index contributed by atoms with van der Waals surface area (Å²) in [7, 11) is 0. The molecule has 2 N–H and O–H groups in total. The van der Waals surface area contributed by atoms with Gasteiger partial charge < -0.3 is 10.6 Å². The second-order valence-electron chi connectivity index (χ2n) is 5.63. The van der Waals surface area contributed by atoms with Crippen LogP contribution in [0, 0.1) is 11.6 Å². The monoisotopic (exact) mass is 347 g/mol. The SMILES string of the molecule is CCCN(CC(=O)Nc1ccc(F)c(F)c1)C1CCNCC1.Cl. The summed E-state index contributed by atoms with van der Waals surface area (Å²) in [5, 5.41) is 5.95. The Morgan fingerprint density at radius 3 is 2.61 bits per heavy atom. The van der Waals surface area contributed by atoms with E-state index in [9.17, 15) is 13.6 Å². The van der Waals surface area contributed by atoms with Crippen molar-refractivity contribution in [3.8, 4) is 0 Å². The van der Waals surface area contributed by atoms with E-state index in [-0.39, 0.29) is 30.5 Å². The smallest absolute Gasteiger partial charge is 0.238 e. The number of nitrogens with one attached hydrogen (secondary N) is 2. The molecule has 4 nitrogen and oxygen atoms in total. The Labute approximate surface area is 142 Å². The summed E-state index contributed by atoms with van der Waals surface area (Å²) < 4.78 is 26.0. The third kappa shape index (κ3) is 6.05. The molecule has 0 atom stereocenters. The van der Waals surface area contributed by atoms with Gasteiger partial charge in [-0.1, -0.05) is 6.92 Å². The summed E-state index contributed by atoms with van der Waals surface area (Å²) in [6, 6.07) is 3.78. The van der Waals surface area contributed by atoms with Crippen LogP contribution in [0.2, 0.25) is 0 Å². The van der Waals surface area contributed by atoms with Crippen molar-refractivity contribution in [2.24, 2.45) is 0 Å². The molecule has 0 unspecified atom stereocenters. The van der Waals surface area contributed by atoms with Crippen molar-refractivity contribution >= 4 is 24.0 Å². The van der Waals surface area contributed by atoms with E-state index in [1.807, 2.05) is 0 Å². The van der Waals surface area contributed by atoms with Gasteiger partial charge in [0.15, 0.2) is 11.6 Å². The van der Waals surface area contributed by atoms with E-state index in [0.717, 1.165) is 51.0 Å². The van der Waals surface area contributed by atoms with E-state index in [0.29, 0.717) is 6.04 Å². The summed E-state index contributed by atoms with van der Waals surface area (Å²) in [6.07, 6.45) is 3.03. The van der Waals surface area contributed by atoms with Crippen LogP contribution in [0.25, 0.3) is 0 Å². The van der Waals surface area contributed by atoms with Crippen LogP contribution in [-0.4, -0.2) is 43.0 Å². The van der Waals surface area contributed by atoms with Gasteiger partial charge in [-0.25, -0.2) is 8.78 Å². The first-order valence-corrected chi connectivity index (χ1v) is 7.80. The Morgan fingerprint density at radius 1 is 1.30 bits per heavy atom. The Hall–Kier alpha value is -1.24. The highest BCUT2D eigenvalue weighted by atomic mass is 35.5. The molecule has 1 saturated heterocycles. The van der Waals surface area contributed by atoms with Crippen molar-refractivity contribution < 1.29 is 13.6 Å². The van der Waals surface area contributed by atoms with Crippen LogP contribution in [0.5, 0.6) is 0 Å². The topological polar surface area (TPSA) is 44.4 Å². The van der Waals surface area contributed by atoms with Crippen molar-refractivity contribution in [1.82, 2.24) is 10.2 Å². The number of rotatable bonds is 6. The van der Waals surface area contributed by atoms with Crippen molar-refractivity contribution in [1.29, 1.82) is 0 Å². The number of hydrogen-bond donors (Lipinski definition) is 2. The number of amides is 1. The average Bonchev–Trinajstić information content (AvgIpc) is 2.51. The highest BCUT2D eigenvalue weighted by molar-refractivity contribution is 5.92. The normalized spacial score (nSPS) is 15.3. The molecule has 0 bridgehead atoms.